The summed E-state index contributed by atoms with van der Waals surface area (Å²) in [5.74, 6) is 0. The second kappa shape index (κ2) is 13.8. The van der Waals surface area contributed by atoms with Gasteiger partial charge in [0, 0.05) is 0 Å². The standard InChI is InChI=1S/2C14H8F3.C7H18N.Ru/c2*15-14(16,17)11-5-6-13-10(8-11)7-9-3-1-2-4-12(9)13;1-5-6-7-8(2,3)4;/h2*1-6H,7H2;5-7H2,1-4H3;/q2*-1;+1;+3. The molecule has 0 spiro atoms. The van der Waals surface area contributed by atoms with E-state index in [1.54, 1.807) is 12.1 Å². The van der Waals surface area contributed by atoms with Crippen molar-refractivity contribution in [2.45, 2.75) is 45.0 Å². The van der Waals surface area contributed by atoms with Gasteiger partial charge in [-0.3, -0.25) is 0 Å². The first kappa shape index (κ1) is 34.5. The molecule has 2 aliphatic carbocycles. The first-order valence-electron chi connectivity index (χ1n) is 13.9. The Morgan fingerprint density at radius 3 is 1.33 bits per heavy atom. The number of hydrogen-bond donors (Lipinski definition) is 0. The molecule has 0 bridgehead atoms. The Balaban J connectivity index is 0.000000187. The number of unbranched alkanes of at least 4 members (excludes halogenated alkanes) is 1. The molecular formula is C35H34F6NRu+2. The molecule has 0 aromatic heterocycles. The van der Waals surface area contributed by atoms with E-state index in [0.717, 1.165) is 50.0 Å². The van der Waals surface area contributed by atoms with Gasteiger partial charge in [0.1, 0.15) is 0 Å². The zero-order valence-corrected chi connectivity index (χ0v) is 26.3. The number of alkyl halides is 6. The molecule has 4 aromatic carbocycles. The summed E-state index contributed by atoms with van der Waals surface area (Å²) in [6, 6.07) is 25.6. The van der Waals surface area contributed by atoms with Gasteiger partial charge in [-0.25, -0.2) is 0 Å². The van der Waals surface area contributed by atoms with Crippen LogP contribution in [0.3, 0.4) is 0 Å². The van der Waals surface area contributed by atoms with Gasteiger partial charge in [0.05, 0.1) is 27.7 Å². The maximum Gasteiger partial charge on any atom is 3.00 e. The molecule has 1 nitrogen and oxygen atoms in total. The van der Waals surface area contributed by atoms with Crippen LogP contribution in [0, 0.1) is 12.1 Å². The van der Waals surface area contributed by atoms with Gasteiger partial charge in [0.15, 0.2) is 0 Å². The van der Waals surface area contributed by atoms with E-state index in [1.807, 2.05) is 48.5 Å². The fourth-order valence-corrected chi connectivity index (χ4v) is 5.08. The van der Waals surface area contributed by atoms with Crippen LogP contribution < -0.4 is 0 Å². The third kappa shape index (κ3) is 8.80. The molecule has 0 fully saturated rings. The van der Waals surface area contributed by atoms with Gasteiger partial charge in [-0.2, -0.15) is 62.7 Å². The number of rotatable bonds is 3. The van der Waals surface area contributed by atoms with E-state index in [0.29, 0.717) is 24.0 Å². The summed E-state index contributed by atoms with van der Waals surface area (Å²) in [7, 11) is 6.70. The first-order chi connectivity index (χ1) is 19.7. The molecule has 0 saturated carbocycles. The van der Waals surface area contributed by atoms with Crippen molar-refractivity contribution in [3.63, 3.8) is 0 Å². The zero-order valence-electron chi connectivity index (χ0n) is 24.5. The zero-order chi connectivity index (χ0) is 30.7. The number of halogens is 6. The third-order valence-corrected chi connectivity index (χ3v) is 7.20. The maximum absolute atomic E-state index is 12.6. The van der Waals surface area contributed by atoms with Crippen LogP contribution in [0.15, 0.2) is 72.8 Å². The van der Waals surface area contributed by atoms with Gasteiger partial charge < -0.3 is 4.48 Å². The largest absolute Gasteiger partial charge is 3.00 e. The van der Waals surface area contributed by atoms with Crippen molar-refractivity contribution in [1.82, 2.24) is 0 Å². The molecule has 0 amide bonds. The quantitative estimate of drug-likeness (QED) is 0.0755. The second-order valence-corrected chi connectivity index (χ2v) is 11.6. The Kier molecular flexibility index (Phi) is 11.1. The molecule has 43 heavy (non-hydrogen) atoms. The van der Waals surface area contributed by atoms with Crippen LogP contribution in [0.25, 0.3) is 22.3 Å². The van der Waals surface area contributed by atoms with Crippen LogP contribution in [0.1, 0.15) is 53.1 Å². The summed E-state index contributed by atoms with van der Waals surface area (Å²) in [6.45, 7) is 3.53. The first-order valence-corrected chi connectivity index (χ1v) is 13.9. The summed E-state index contributed by atoms with van der Waals surface area (Å²) in [6.07, 6.45) is -4.89. The van der Waals surface area contributed by atoms with Gasteiger partial charge in [0.25, 0.3) is 0 Å². The Morgan fingerprint density at radius 2 is 1.00 bits per heavy atom. The molecule has 0 heterocycles. The van der Waals surface area contributed by atoms with E-state index in [1.165, 1.54) is 19.4 Å². The van der Waals surface area contributed by atoms with Gasteiger partial charge in [-0.05, 0) is 19.3 Å². The van der Waals surface area contributed by atoms with Crippen LogP contribution >= 0.6 is 0 Å². The molecule has 1 radical (unpaired) electrons. The molecule has 6 rings (SSSR count). The van der Waals surface area contributed by atoms with Crippen molar-refractivity contribution in [2.24, 2.45) is 0 Å². The molecule has 8 heteroatoms. The number of quaternary nitrogens is 1. The van der Waals surface area contributed by atoms with Crippen molar-refractivity contribution in [3.8, 4) is 22.3 Å². The average molecular weight is 684 g/mol. The van der Waals surface area contributed by atoms with Crippen molar-refractivity contribution in [1.29, 1.82) is 0 Å². The summed E-state index contributed by atoms with van der Waals surface area (Å²) >= 11 is 0. The van der Waals surface area contributed by atoms with Crippen molar-refractivity contribution < 1.29 is 50.3 Å². The minimum atomic E-state index is -4.32. The van der Waals surface area contributed by atoms with Crippen molar-refractivity contribution >= 4 is 0 Å². The minimum absolute atomic E-state index is 0. The van der Waals surface area contributed by atoms with E-state index in [4.69, 9.17) is 0 Å². The van der Waals surface area contributed by atoms with Gasteiger partial charge in [-0.1, -0.05) is 95.3 Å². The fourth-order valence-electron chi connectivity index (χ4n) is 5.08. The third-order valence-electron chi connectivity index (χ3n) is 7.20. The van der Waals surface area contributed by atoms with E-state index in [9.17, 15) is 26.3 Å². The monoisotopic (exact) mass is 684 g/mol. The Hall–Kier alpha value is -2.96. The van der Waals surface area contributed by atoms with E-state index in [-0.39, 0.29) is 19.5 Å². The predicted molar refractivity (Wildman–Crippen MR) is 155 cm³/mol. The molecule has 0 aliphatic heterocycles. The van der Waals surface area contributed by atoms with Crippen LogP contribution in [0.5, 0.6) is 0 Å². The van der Waals surface area contributed by atoms with E-state index < -0.39 is 23.5 Å². The van der Waals surface area contributed by atoms with Crippen molar-refractivity contribution in [3.05, 3.63) is 118 Å². The molecule has 0 unspecified atom stereocenters. The molecule has 4 aromatic rings. The maximum atomic E-state index is 12.6. The molecule has 2 aliphatic rings. The molecule has 0 atom stereocenters. The number of nitrogens with zero attached hydrogens (tertiary/aromatic N) is 1. The van der Waals surface area contributed by atoms with Crippen LogP contribution in [0.2, 0.25) is 0 Å². The Bertz CT molecular complexity index is 1430. The Morgan fingerprint density at radius 1 is 0.605 bits per heavy atom. The summed E-state index contributed by atoms with van der Waals surface area (Å²) in [4.78, 5) is 0. The van der Waals surface area contributed by atoms with Gasteiger partial charge >= 0.3 is 31.8 Å². The topological polar surface area (TPSA) is 0 Å². The predicted octanol–water partition coefficient (Wildman–Crippen LogP) is 9.64. The van der Waals surface area contributed by atoms with Gasteiger partial charge in [-0.15, -0.1) is 22.3 Å². The van der Waals surface area contributed by atoms with E-state index in [2.05, 4.69) is 40.2 Å². The number of hydrogen-bond acceptors (Lipinski definition) is 0. The van der Waals surface area contributed by atoms with Crippen LogP contribution in [0.4, 0.5) is 26.3 Å². The van der Waals surface area contributed by atoms with Crippen LogP contribution in [-0.2, 0) is 44.7 Å². The van der Waals surface area contributed by atoms with E-state index >= 15 is 0 Å². The molecular weight excluding hydrogens is 649 g/mol. The smallest absolute Gasteiger partial charge is 0.331 e. The van der Waals surface area contributed by atoms with Gasteiger partial charge in [0.2, 0.25) is 0 Å². The summed E-state index contributed by atoms with van der Waals surface area (Å²) < 4.78 is 76.4. The molecule has 227 valence electrons. The second-order valence-electron chi connectivity index (χ2n) is 11.6. The number of fused-ring (bicyclic) bond motifs is 6. The minimum Gasteiger partial charge on any atom is -0.331 e. The summed E-state index contributed by atoms with van der Waals surface area (Å²) in [5, 5.41) is 0. The fraction of sp³-hybridized carbons (Fsp3) is 0.314. The number of benzene rings is 4. The molecule has 0 N–H and O–H groups in total. The SMILES string of the molecule is CCCC[N+](C)(C)C.FC(F)(F)c1[c-]c2c(cc1)-c1ccccc1C2.FC(F)(F)c1[c-]c2c(cc1)-c1ccccc1C2.[Ru+3]. The van der Waals surface area contributed by atoms with Crippen molar-refractivity contribution in [2.75, 3.05) is 27.7 Å². The Labute approximate surface area is 262 Å². The van der Waals surface area contributed by atoms with Crippen LogP contribution in [-0.4, -0.2) is 32.2 Å². The molecule has 0 saturated heterocycles. The average Bonchev–Trinajstić information content (AvgIpc) is 3.48. The normalized spacial score (nSPS) is 12.8. The summed E-state index contributed by atoms with van der Waals surface area (Å²) in [5.41, 5.74) is 5.81.